The molecule has 0 aliphatic rings. The fraction of sp³-hybridized carbons (Fsp3) is 0.458. The molecular weight excluding hydrogens is 428 g/mol. The van der Waals surface area contributed by atoms with E-state index in [1.807, 2.05) is 24.3 Å². The van der Waals surface area contributed by atoms with Crippen molar-refractivity contribution in [2.75, 3.05) is 31.3 Å². The van der Waals surface area contributed by atoms with E-state index in [-0.39, 0.29) is 24.9 Å². The molecule has 0 unspecified atom stereocenters. The second-order valence-electron chi connectivity index (χ2n) is 8.16. The number of nitrogens with one attached hydrogen (secondary N) is 1. The van der Waals surface area contributed by atoms with Crippen LogP contribution in [0.1, 0.15) is 44.7 Å². The molecule has 0 aliphatic carbocycles. The Morgan fingerprint density at radius 3 is 2.25 bits per heavy atom. The first-order valence-corrected chi connectivity index (χ1v) is 12.5. The third-order valence-electron chi connectivity index (χ3n) is 5.07. The summed E-state index contributed by atoms with van der Waals surface area (Å²) in [6.07, 6.45) is 2.58. The molecule has 1 atom stereocenters. The molecule has 0 aliphatic heterocycles. The van der Waals surface area contributed by atoms with Crippen LogP contribution in [0.5, 0.6) is 11.5 Å². The van der Waals surface area contributed by atoms with Crippen LogP contribution < -0.4 is 19.1 Å². The second kappa shape index (κ2) is 11.8. The first-order chi connectivity index (χ1) is 15.1. The Bertz CT molecular complexity index is 974. The highest BCUT2D eigenvalue weighted by molar-refractivity contribution is 7.92. The Balaban J connectivity index is 2.02. The van der Waals surface area contributed by atoms with E-state index in [0.29, 0.717) is 23.8 Å². The molecule has 8 heteroatoms. The van der Waals surface area contributed by atoms with Gasteiger partial charge in [-0.15, -0.1) is 0 Å². The summed E-state index contributed by atoms with van der Waals surface area (Å²) >= 11 is 0. The Hall–Kier alpha value is -2.74. The summed E-state index contributed by atoms with van der Waals surface area (Å²) in [6.45, 7) is 4.43. The first-order valence-electron chi connectivity index (χ1n) is 10.7. The number of benzene rings is 2. The average Bonchev–Trinajstić information content (AvgIpc) is 2.75. The predicted molar refractivity (Wildman–Crippen MR) is 128 cm³/mol. The molecule has 0 saturated heterocycles. The number of hydrogen-bond donors (Lipinski definition) is 1. The standard InChI is InChI=1S/C24H34N2O5S/c1-18(2)16-23(19-11-13-21(30-3)14-12-19)25-24(27)10-7-15-26(32(5,28)29)20-8-6-9-22(17-20)31-4/h6,8-9,11-14,17-18,23H,7,10,15-16H2,1-5H3,(H,25,27)/t23-/m0/s1. The lowest BCUT2D eigenvalue weighted by Crippen LogP contribution is -2.33. The molecular formula is C24H34N2O5S. The van der Waals surface area contributed by atoms with Crippen molar-refractivity contribution in [2.45, 2.75) is 39.2 Å². The quantitative estimate of drug-likeness (QED) is 0.512. The Labute approximate surface area is 191 Å². The maximum Gasteiger partial charge on any atom is 0.232 e. The molecule has 1 N–H and O–H groups in total. The summed E-state index contributed by atoms with van der Waals surface area (Å²) in [4.78, 5) is 12.7. The van der Waals surface area contributed by atoms with Gasteiger partial charge >= 0.3 is 0 Å². The van der Waals surface area contributed by atoms with Crippen LogP contribution in [0.25, 0.3) is 0 Å². The number of hydrogen-bond acceptors (Lipinski definition) is 5. The zero-order chi connectivity index (χ0) is 23.7. The highest BCUT2D eigenvalue weighted by Crippen LogP contribution is 2.25. The minimum Gasteiger partial charge on any atom is -0.497 e. The molecule has 0 spiro atoms. The number of ether oxygens (including phenoxy) is 2. The van der Waals surface area contributed by atoms with Gasteiger partial charge in [-0.2, -0.15) is 0 Å². The van der Waals surface area contributed by atoms with Crippen molar-refractivity contribution in [3.8, 4) is 11.5 Å². The summed E-state index contributed by atoms with van der Waals surface area (Å²) in [5.74, 6) is 1.63. The van der Waals surface area contributed by atoms with E-state index < -0.39 is 10.0 Å². The largest absolute Gasteiger partial charge is 0.497 e. The van der Waals surface area contributed by atoms with Gasteiger partial charge < -0.3 is 14.8 Å². The van der Waals surface area contributed by atoms with E-state index in [4.69, 9.17) is 9.47 Å². The van der Waals surface area contributed by atoms with Gasteiger partial charge in [-0.3, -0.25) is 9.10 Å². The highest BCUT2D eigenvalue weighted by Gasteiger charge is 2.20. The van der Waals surface area contributed by atoms with Crippen molar-refractivity contribution < 1.29 is 22.7 Å². The minimum atomic E-state index is -3.50. The van der Waals surface area contributed by atoms with Gasteiger partial charge in [0.15, 0.2) is 0 Å². The summed E-state index contributed by atoms with van der Waals surface area (Å²) in [7, 11) is -0.344. The molecule has 0 saturated carbocycles. The van der Waals surface area contributed by atoms with E-state index in [9.17, 15) is 13.2 Å². The zero-order valence-corrected chi connectivity index (χ0v) is 20.3. The van der Waals surface area contributed by atoms with Gasteiger partial charge in [0.25, 0.3) is 0 Å². The van der Waals surface area contributed by atoms with Gasteiger partial charge in [-0.05, 0) is 48.6 Å². The Kier molecular flexibility index (Phi) is 9.38. The monoisotopic (exact) mass is 462 g/mol. The third kappa shape index (κ3) is 7.75. The molecule has 176 valence electrons. The lowest BCUT2D eigenvalue weighted by Gasteiger charge is -2.24. The van der Waals surface area contributed by atoms with Crippen LogP contribution in [0.4, 0.5) is 5.69 Å². The van der Waals surface area contributed by atoms with E-state index in [2.05, 4.69) is 19.2 Å². The van der Waals surface area contributed by atoms with Crippen LogP contribution in [-0.4, -0.2) is 41.3 Å². The van der Waals surface area contributed by atoms with Gasteiger partial charge in [0, 0.05) is 19.0 Å². The number of amides is 1. The minimum absolute atomic E-state index is 0.106. The van der Waals surface area contributed by atoms with Crippen LogP contribution in [0.3, 0.4) is 0 Å². The van der Waals surface area contributed by atoms with E-state index in [1.54, 1.807) is 31.4 Å². The van der Waals surface area contributed by atoms with Crippen molar-refractivity contribution in [3.05, 3.63) is 54.1 Å². The number of methoxy groups -OCH3 is 2. The number of anilines is 1. The smallest absolute Gasteiger partial charge is 0.232 e. The number of carbonyl (C=O) groups is 1. The second-order valence-corrected chi connectivity index (χ2v) is 10.1. The molecule has 0 heterocycles. The summed E-state index contributed by atoms with van der Waals surface area (Å²) in [6, 6.07) is 14.4. The number of carbonyl (C=O) groups excluding carboxylic acids is 1. The zero-order valence-electron chi connectivity index (χ0n) is 19.5. The maximum absolute atomic E-state index is 12.7. The van der Waals surface area contributed by atoms with Crippen molar-refractivity contribution in [1.29, 1.82) is 0 Å². The molecule has 0 bridgehead atoms. The van der Waals surface area contributed by atoms with Crippen LogP contribution in [-0.2, 0) is 14.8 Å². The van der Waals surface area contributed by atoms with Crippen LogP contribution in [0.15, 0.2) is 48.5 Å². The van der Waals surface area contributed by atoms with Crippen molar-refractivity contribution in [3.63, 3.8) is 0 Å². The fourth-order valence-corrected chi connectivity index (χ4v) is 4.44. The van der Waals surface area contributed by atoms with Gasteiger partial charge in [0.2, 0.25) is 15.9 Å². The van der Waals surface area contributed by atoms with Gasteiger partial charge in [0.05, 0.1) is 32.2 Å². The van der Waals surface area contributed by atoms with E-state index >= 15 is 0 Å². The summed E-state index contributed by atoms with van der Waals surface area (Å²) in [5.41, 5.74) is 1.53. The van der Waals surface area contributed by atoms with Gasteiger partial charge in [0.1, 0.15) is 11.5 Å². The molecule has 0 aromatic heterocycles. The van der Waals surface area contributed by atoms with E-state index in [0.717, 1.165) is 24.0 Å². The molecule has 0 radical (unpaired) electrons. The normalized spacial score (nSPS) is 12.3. The number of rotatable bonds is 12. The Morgan fingerprint density at radius 1 is 1.03 bits per heavy atom. The fourth-order valence-electron chi connectivity index (χ4n) is 3.49. The molecule has 32 heavy (non-hydrogen) atoms. The van der Waals surface area contributed by atoms with E-state index in [1.165, 1.54) is 11.4 Å². The maximum atomic E-state index is 12.7. The number of nitrogens with zero attached hydrogens (tertiary/aromatic N) is 1. The molecule has 2 aromatic carbocycles. The van der Waals surface area contributed by atoms with Gasteiger partial charge in [-0.25, -0.2) is 8.42 Å². The first kappa shape index (κ1) is 25.5. The molecule has 1 amide bonds. The third-order valence-corrected chi connectivity index (χ3v) is 6.26. The lowest BCUT2D eigenvalue weighted by atomic mass is 9.96. The molecule has 2 rings (SSSR count). The number of sulfonamides is 1. The van der Waals surface area contributed by atoms with Crippen molar-refractivity contribution in [2.24, 2.45) is 5.92 Å². The SMILES string of the molecule is COc1ccc([C@H](CC(C)C)NC(=O)CCCN(c2cccc(OC)c2)S(C)(=O)=O)cc1. The van der Waals surface area contributed by atoms with Crippen LogP contribution >= 0.6 is 0 Å². The summed E-state index contributed by atoms with van der Waals surface area (Å²) in [5, 5.41) is 3.10. The molecule has 2 aromatic rings. The predicted octanol–water partition coefficient (Wildman–Crippen LogP) is 4.15. The topological polar surface area (TPSA) is 84.9 Å². The van der Waals surface area contributed by atoms with Crippen LogP contribution in [0.2, 0.25) is 0 Å². The Morgan fingerprint density at radius 2 is 1.69 bits per heavy atom. The van der Waals surface area contributed by atoms with Crippen molar-refractivity contribution in [1.82, 2.24) is 5.32 Å². The average molecular weight is 463 g/mol. The van der Waals surface area contributed by atoms with Crippen LogP contribution in [0, 0.1) is 5.92 Å². The highest BCUT2D eigenvalue weighted by atomic mass is 32.2. The molecule has 7 nitrogen and oxygen atoms in total. The van der Waals surface area contributed by atoms with Crippen molar-refractivity contribution >= 4 is 21.6 Å². The lowest BCUT2D eigenvalue weighted by molar-refractivity contribution is -0.122. The summed E-state index contributed by atoms with van der Waals surface area (Å²) < 4.78 is 36.4. The van der Waals surface area contributed by atoms with Gasteiger partial charge in [-0.1, -0.05) is 32.0 Å². The molecule has 0 fully saturated rings.